The number of sulfone groups is 1. The minimum absolute atomic E-state index is 0.405. The van der Waals surface area contributed by atoms with E-state index in [0.29, 0.717) is 23.8 Å². The molecule has 1 aromatic heterocycles. The Balaban J connectivity index is 1.88. The number of rotatable bonds is 7. The van der Waals surface area contributed by atoms with E-state index >= 15 is 0 Å². The molecular formula is C21H27NO3S. The Labute approximate surface area is 156 Å². The van der Waals surface area contributed by atoms with Crippen LogP contribution < -0.4 is 0 Å². The van der Waals surface area contributed by atoms with Crippen molar-refractivity contribution in [1.29, 1.82) is 0 Å². The fraction of sp³-hybridized carbons (Fsp3) is 0.429. The van der Waals surface area contributed by atoms with Gasteiger partial charge in [0.05, 0.1) is 11.2 Å². The molecule has 0 saturated heterocycles. The van der Waals surface area contributed by atoms with Gasteiger partial charge in [-0.05, 0) is 49.4 Å². The SMILES string of the molecule is CC(C)CCC(N1CCC=C(c2ccco2)C1)S(=O)(=O)c1ccccc1. The van der Waals surface area contributed by atoms with E-state index in [-0.39, 0.29) is 0 Å². The lowest BCUT2D eigenvalue weighted by Gasteiger charge is -2.34. The number of hydrogen-bond donors (Lipinski definition) is 0. The van der Waals surface area contributed by atoms with Crippen molar-refractivity contribution < 1.29 is 12.8 Å². The van der Waals surface area contributed by atoms with Gasteiger partial charge in [-0.3, -0.25) is 4.90 Å². The maximum absolute atomic E-state index is 13.4. The van der Waals surface area contributed by atoms with Crippen LogP contribution in [0.25, 0.3) is 5.57 Å². The molecule has 2 aromatic rings. The molecule has 4 nitrogen and oxygen atoms in total. The molecule has 1 unspecified atom stereocenters. The number of furan rings is 1. The van der Waals surface area contributed by atoms with Crippen LogP contribution in [-0.4, -0.2) is 31.8 Å². The summed E-state index contributed by atoms with van der Waals surface area (Å²) in [5.41, 5.74) is 1.07. The molecule has 0 bridgehead atoms. The van der Waals surface area contributed by atoms with Gasteiger partial charge in [0.2, 0.25) is 0 Å². The van der Waals surface area contributed by atoms with E-state index in [4.69, 9.17) is 4.42 Å². The van der Waals surface area contributed by atoms with Gasteiger partial charge in [0.25, 0.3) is 0 Å². The molecule has 0 radical (unpaired) electrons. The zero-order valence-corrected chi connectivity index (χ0v) is 16.3. The van der Waals surface area contributed by atoms with Gasteiger partial charge in [-0.2, -0.15) is 0 Å². The summed E-state index contributed by atoms with van der Waals surface area (Å²) in [5.74, 6) is 1.29. The number of benzene rings is 1. The third-order valence-electron chi connectivity index (χ3n) is 4.85. The predicted octanol–water partition coefficient (Wildman–Crippen LogP) is 4.60. The number of nitrogens with zero attached hydrogens (tertiary/aromatic N) is 1. The molecule has 2 heterocycles. The summed E-state index contributed by atoms with van der Waals surface area (Å²) in [6, 6.07) is 12.6. The van der Waals surface area contributed by atoms with Crippen LogP contribution in [0.4, 0.5) is 0 Å². The summed E-state index contributed by atoms with van der Waals surface area (Å²) in [6.45, 7) is 5.62. The van der Waals surface area contributed by atoms with E-state index in [0.717, 1.165) is 30.7 Å². The Morgan fingerprint density at radius 1 is 1.08 bits per heavy atom. The fourth-order valence-electron chi connectivity index (χ4n) is 3.43. The van der Waals surface area contributed by atoms with E-state index in [9.17, 15) is 8.42 Å². The summed E-state index contributed by atoms with van der Waals surface area (Å²) in [5, 5.41) is -0.508. The van der Waals surface area contributed by atoms with Gasteiger partial charge in [0, 0.05) is 18.7 Å². The smallest absolute Gasteiger partial charge is 0.194 e. The summed E-state index contributed by atoms with van der Waals surface area (Å²) < 4.78 is 32.2. The maximum Gasteiger partial charge on any atom is 0.194 e. The summed E-state index contributed by atoms with van der Waals surface area (Å²) in [7, 11) is -3.42. The molecule has 26 heavy (non-hydrogen) atoms. The van der Waals surface area contributed by atoms with Crippen molar-refractivity contribution in [2.75, 3.05) is 13.1 Å². The molecule has 1 aliphatic rings. The molecular weight excluding hydrogens is 346 g/mol. The second-order valence-corrected chi connectivity index (χ2v) is 9.36. The van der Waals surface area contributed by atoms with Crippen molar-refractivity contribution in [2.45, 2.75) is 43.4 Å². The molecule has 0 N–H and O–H groups in total. The average Bonchev–Trinajstić information content (AvgIpc) is 3.17. The Bertz CT molecular complexity index is 823. The minimum atomic E-state index is -3.42. The Morgan fingerprint density at radius 2 is 1.85 bits per heavy atom. The molecule has 0 amide bonds. The van der Waals surface area contributed by atoms with E-state index in [1.54, 1.807) is 30.5 Å². The Morgan fingerprint density at radius 3 is 2.50 bits per heavy atom. The number of hydrogen-bond acceptors (Lipinski definition) is 4. The minimum Gasteiger partial charge on any atom is -0.465 e. The first-order valence-electron chi connectivity index (χ1n) is 9.24. The van der Waals surface area contributed by atoms with Crippen LogP contribution in [0.15, 0.2) is 64.1 Å². The second kappa shape index (κ2) is 8.23. The van der Waals surface area contributed by atoms with Crippen LogP contribution in [-0.2, 0) is 9.84 Å². The van der Waals surface area contributed by atoms with Crippen molar-refractivity contribution in [3.63, 3.8) is 0 Å². The standard InChI is InChI=1S/C21H27NO3S/c1-17(2)12-13-21(26(23,24)19-9-4-3-5-10-19)22-14-6-8-18(16-22)20-11-7-15-25-20/h3-5,7-11,15,17,21H,6,12-14,16H2,1-2H3. The predicted molar refractivity (Wildman–Crippen MR) is 104 cm³/mol. The highest BCUT2D eigenvalue weighted by Crippen LogP contribution is 2.29. The lowest BCUT2D eigenvalue weighted by Crippen LogP contribution is -2.44. The summed E-state index contributed by atoms with van der Waals surface area (Å²) in [4.78, 5) is 2.51. The molecule has 140 valence electrons. The van der Waals surface area contributed by atoms with Crippen LogP contribution in [0, 0.1) is 5.92 Å². The van der Waals surface area contributed by atoms with Crippen LogP contribution in [0.2, 0.25) is 0 Å². The van der Waals surface area contributed by atoms with Crippen LogP contribution >= 0.6 is 0 Å². The first-order valence-corrected chi connectivity index (χ1v) is 10.8. The van der Waals surface area contributed by atoms with Gasteiger partial charge in [0.1, 0.15) is 11.1 Å². The molecule has 5 heteroatoms. The van der Waals surface area contributed by atoms with Crippen LogP contribution in [0.5, 0.6) is 0 Å². The Kier molecular flexibility index (Phi) is 5.99. The third-order valence-corrected chi connectivity index (χ3v) is 7.03. The molecule has 3 rings (SSSR count). The third kappa shape index (κ3) is 4.27. The molecule has 0 fully saturated rings. The summed E-state index contributed by atoms with van der Waals surface area (Å²) in [6.07, 6.45) is 6.17. The fourth-order valence-corrected chi connectivity index (χ4v) is 5.30. The normalized spacial score (nSPS) is 17.3. The topological polar surface area (TPSA) is 50.5 Å². The van der Waals surface area contributed by atoms with Gasteiger partial charge in [-0.1, -0.05) is 38.1 Å². The van der Waals surface area contributed by atoms with Crippen molar-refractivity contribution in [2.24, 2.45) is 5.92 Å². The van der Waals surface area contributed by atoms with Crippen molar-refractivity contribution in [3.05, 3.63) is 60.6 Å². The monoisotopic (exact) mass is 373 g/mol. The maximum atomic E-state index is 13.4. The van der Waals surface area contributed by atoms with Gasteiger partial charge in [-0.25, -0.2) is 8.42 Å². The quantitative estimate of drug-likeness (QED) is 0.711. The molecule has 0 saturated carbocycles. The molecule has 1 aliphatic heterocycles. The second-order valence-electron chi connectivity index (χ2n) is 7.25. The average molecular weight is 374 g/mol. The van der Waals surface area contributed by atoms with Crippen molar-refractivity contribution in [3.8, 4) is 0 Å². The zero-order valence-electron chi connectivity index (χ0n) is 15.5. The molecule has 0 aliphatic carbocycles. The first kappa shape index (κ1) is 18.9. The first-order chi connectivity index (χ1) is 12.5. The van der Waals surface area contributed by atoms with Crippen LogP contribution in [0.3, 0.4) is 0 Å². The van der Waals surface area contributed by atoms with Crippen molar-refractivity contribution >= 4 is 15.4 Å². The van der Waals surface area contributed by atoms with E-state index in [1.165, 1.54) is 0 Å². The van der Waals surface area contributed by atoms with Gasteiger partial charge in [-0.15, -0.1) is 0 Å². The Hall–Kier alpha value is -1.85. The zero-order chi connectivity index (χ0) is 18.6. The lowest BCUT2D eigenvalue weighted by atomic mass is 10.0. The lowest BCUT2D eigenvalue weighted by molar-refractivity contribution is 0.253. The molecule has 0 spiro atoms. The highest BCUT2D eigenvalue weighted by atomic mass is 32.2. The largest absolute Gasteiger partial charge is 0.465 e. The summed E-state index contributed by atoms with van der Waals surface area (Å²) >= 11 is 0. The van der Waals surface area contributed by atoms with Gasteiger partial charge in [0.15, 0.2) is 9.84 Å². The molecule has 1 atom stereocenters. The van der Waals surface area contributed by atoms with Crippen LogP contribution in [0.1, 0.15) is 38.9 Å². The van der Waals surface area contributed by atoms with Gasteiger partial charge < -0.3 is 4.42 Å². The van der Waals surface area contributed by atoms with E-state index in [2.05, 4.69) is 24.8 Å². The highest BCUT2D eigenvalue weighted by Gasteiger charge is 2.34. The van der Waals surface area contributed by atoms with Gasteiger partial charge >= 0.3 is 0 Å². The van der Waals surface area contributed by atoms with Crippen molar-refractivity contribution in [1.82, 2.24) is 4.90 Å². The highest BCUT2D eigenvalue weighted by molar-refractivity contribution is 7.92. The molecule has 1 aromatic carbocycles. The van der Waals surface area contributed by atoms with E-state index < -0.39 is 15.2 Å². The van der Waals surface area contributed by atoms with E-state index in [1.807, 2.05) is 18.2 Å².